The molecule has 0 saturated carbocycles. The molecule has 0 unspecified atom stereocenters. The molecule has 1 heterocycles. The monoisotopic (exact) mass is 485 g/mol. The second kappa shape index (κ2) is 15.1. The lowest BCUT2D eigenvalue weighted by Crippen LogP contribution is -2.37. The van der Waals surface area contributed by atoms with Gasteiger partial charge in [-0.3, -0.25) is 4.79 Å². The van der Waals surface area contributed by atoms with E-state index in [4.69, 9.17) is 14.8 Å². The number of rotatable bonds is 11. The van der Waals surface area contributed by atoms with Crippen LogP contribution >= 0.6 is 0 Å². The Morgan fingerprint density at radius 3 is 2.43 bits per heavy atom. The number of carbonyl (C=O) groups is 2. The molecule has 9 heteroatoms. The zero-order valence-electron chi connectivity index (χ0n) is 21.4. The van der Waals surface area contributed by atoms with Gasteiger partial charge in [0.25, 0.3) is 0 Å². The zero-order chi connectivity index (χ0) is 26.4. The minimum Gasteiger partial charge on any atom is -0.444 e. The maximum atomic E-state index is 12.4. The molecular weight excluding hydrogens is 445 g/mol. The van der Waals surface area contributed by atoms with Crippen LogP contribution in [-0.2, 0) is 9.53 Å². The molecule has 0 atom stereocenters. The molecule has 0 aromatic carbocycles. The third-order valence-electron chi connectivity index (χ3n) is 5.27. The first-order valence-electron chi connectivity index (χ1n) is 11.8. The van der Waals surface area contributed by atoms with Crippen LogP contribution in [0.4, 0.5) is 4.79 Å². The van der Waals surface area contributed by atoms with Gasteiger partial charge in [0.1, 0.15) is 5.60 Å². The number of piperidine rings is 1. The van der Waals surface area contributed by atoms with Gasteiger partial charge in [0, 0.05) is 39.3 Å². The van der Waals surface area contributed by atoms with Gasteiger partial charge >= 0.3 is 13.2 Å². The standard InChI is InChI=1S/C26H40BN3O5/c1-7-23(27(33)34)15-18-29(6)17-9-8-12-24(31)30-19-13-22(14-20-30)21(2)11-10-16-28-25(32)35-26(3,4)5/h7-12,15,17,22,33-34H,1-2,13-14,16,18-20H2,3-6H3,(H,28,32)/b11-10+,12-8+,17-9+,23-15-. The number of likely N-dealkylation sites (N-methyl/N-ethyl adjacent to an activating group) is 1. The molecule has 0 aliphatic carbocycles. The minimum absolute atomic E-state index is 0.0317. The van der Waals surface area contributed by atoms with Crippen LogP contribution in [0.25, 0.3) is 0 Å². The van der Waals surface area contributed by atoms with Gasteiger partial charge in [-0.2, -0.15) is 0 Å². The molecule has 8 nitrogen and oxygen atoms in total. The Balaban J connectivity index is 2.38. The molecule has 2 amide bonds. The van der Waals surface area contributed by atoms with Crippen LogP contribution in [0.2, 0.25) is 0 Å². The first-order valence-corrected chi connectivity index (χ1v) is 11.8. The molecule has 0 aromatic heterocycles. The number of ether oxygens (including phenoxy) is 1. The predicted octanol–water partition coefficient (Wildman–Crippen LogP) is 2.99. The van der Waals surface area contributed by atoms with E-state index in [1.807, 2.05) is 49.8 Å². The average Bonchev–Trinajstić information content (AvgIpc) is 2.78. The summed E-state index contributed by atoms with van der Waals surface area (Å²) in [7, 11) is 0.299. The smallest absolute Gasteiger partial charge is 0.444 e. The molecule has 1 saturated heterocycles. The number of nitrogens with zero attached hydrogens (tertiary/aromatic N) is 2. The van der Waals surface area contributed by atoms with Crippen molar-refractivity contribution >= 4 is 19.1 Å². The van der Waals surface area contributed by atoms with Gasteiger partial charge in [0.15, 0.2) is 0 Å². The van der Waals surface area contributed by atoms with Crippen molar-refractivity contribution in [3.63, 3.8) is 0 Å². The summed E-state index contributed by atoms with van der Waals surface area (Å²) in [5.41, 5.74) is 0.811. The van der Waals surface area contributed by atoms with Gasteiger partial charge in [-0.15, -0.1) is 0 Å². The van der Waals surface area contributed by atoms with Gasteiger partial charge in [0.05, 0.1) is 0 Å². The number of carbonyl (C=O) groups excluding carboxylic acids is 2. The molecule has 35 heavy (non-hydrogen) atoms. The van der Waals surface area contributed by atoms with Crippen LogP contribution in [0.15, 0.2) is 72.9 Å². The lowest BCUT2D eigenvalue weighted by molar-refractivity contribution is -0.127. The number of alkyl carbamates (subject to hydrolysis) is 1. The van der Waals surface area contributed by atoms with Gasteiger partial charge in [-0.05, 0) is 57.3 Å². The Bertz CT molecular complexity index is 848. The fourth-order valence-electron chi connectivity index (χ4n) is 3.32. The summed E-state index contributed by atoms with van der Waals surface area (Å²) in [5.74, 6) is 0.274. The van der Waals surface area contributed by atoms with Crippen LogP contribution < -0.4 is 5.32 Å². The van der Waals surface area contributed by atoms with E-state index in [2.05, 4.69) is 18.5 Å². The van der Waals surface area contributed by atoms with E-state index in [0.717, 1.165) is 18.4 Å². The van der Waals surface area contributed by atoms with Crippen molar-refractivity contribution in [1.82, 2.24) is 15.1 Å². The molecular formula is C26H40BN3O5. The van der Waals surface area contributed by atoms with E-state index in [0.29, 0.717) is 37.6 Å². The summed E-state index contributed by atoms with van der Waals surface area (Å²) in [6.07, 6.45) is 14.9. The summed E-state index contributed by atoms with van der Waals surface area (Å²) < 4.78 is 5.20. The molecule has 192 valence electrons. The molecule has 1 rings (SSSR count). The van der Waals surface area contributed by atoms with Gasteiger partial charge in [-0.1, -0.05) is 49.1 Å². The third kappa shape index (κ3) is 12.8. The summed E-state index contributed by atoms with van der Waals surface area (Å²) in [4.78, 5) is 27.8. The highest BCUT2D eigenvalue weighted by Crippen LogP contribution is 2.24. The summed E-state index contributed by atoms with van der Waals surface area (Å²) in [6.45, 7) is 15.3. The maximum Gasteiger partial charge on any atom is 0.488 e. The van der Waals surface area contributed by atoms with Gasteiger partial charge < -0.3 is 29.9 Å². The van der Waals surface area contributed by atoms with Crippen molar-refractivity contribution in [2.24, 2.45) is 5.92 Å². The van der Waals surface area contributed by atoms with Crippen LogP contribution in [0.3, 0.4) is 0 Å². The van der Waals surface area contributed by atoms with Crippen molar-refractivity contribution < 1.29 is 24.4 Å². The second-order valence-electron chi connectivity index (χ2n) is 9.38. The van der Waals surface area contributed by atoms with E-state index in [9.17, 15) is 9.59 Å². The fraction of sp³-hybridized carbons (Fsp3) is 0.462. The Hall–Kier alpha value is -3.04. The van der Waals surface area contributed by atoms with E-state index < -0.39 is 18.8 Å². The SMILES string of the molecule is C=C/C(=C/CN(C)/C=C/C=C/C(=O)N1CCC(C(=C)/C=C/CNC(=O)OC(C)(C)C)CC1)B(O)O. The molecule has 1 aliphatic heterocycles. The Kier molecular flexibility index (Phi) is 12.9. The largest absolute Gasteiger partial charge is 0.488 e. The molecule has 3 N–H and O–H groups in total. The number of amides is 2. The lowest BCUT2D eigenvalue weighted by Gasteiger charge is -2.31. The van der Waals surface area contributed by atoms with E-state index >= 15 is 0 Å². The topological polar surface area (TPSA) is 102 Å². The Morgan fingerprint density at radius 2 is 1.86 bits per heavy atom. The average molecular weight is 485 g/mol. The van der Waals surface area contributed by atoms with Crippen LogP contribution in [0, 0.1) is 5.92 Å². The lowest BCUT2D eigenvalue weighted by atomic mass is 9.79. The van der Waals surface area contributed by atoms with Crippen LogP contribution in [0.5, 0.6) is 0 Å². The predicted molar refractivity (Wildman–Crippen MR) is 141 cm³/mol. The van der Waals surface area contributed by atoms with Crippen molar-refractivity contribution in [3.05, 3.63) is 72.9 Å². The number of hydrogen-bond donors (Lipinski definition) is 3. The fourth-order valence-corrected chi connectivity index (χ4v) is 3.32. The Morgan fingerprint density at radius 1 is 1.20 bits per heavy atom. The molecule has 0 spiro atoms. The van der Waals surface area contributed by atoms with Crippen LogP contribution in [0.1, 0.15) is 33.6 Å². The highest BCUT2D eigenvalue weighted by atomic mass is 16.6. The number of likely N-dealkylation sites (tertiary alicyclic amines) is 1. The molecule has 0 radical (unpaired) electrons. The molecule has 1 fully saturated rings. The van der Waals surface area contributed by atoms with E-state index in [1.54, 1.807) is 30.5 Å². The molecule has 0 bridgehead atoms. The number of allylic oxidation sites excluding steroid dienone is 6. The van der Waals surface area contributed by atoms with Crippen molar-refractivity contribution in [2.45, 2.75) is 39.2 Å². The van der Waals surface area contributed by atoms with Crippen molar-refractivity contribution in [1.29, 1.82) is 0 Å². The van der Waals surface area contributed by atoms with Gasteiger partial charge in [0.2, 0.25) is 5.91 Å². The normalized spacial score (nSPS) is 15.6. The Labute approximate surface area is 210 Å². The van der Waals surface area contributed by atoms with Crippen molar-refractivity contribution in [3.8, 4) is 0 Å². The summed E-state index contributed by atoms with van der Waals surface area (Å²) >= 11 is 0. The first kappa shape index (κ1) is 30.0. The minimum atomic E-state index is -1.54. The second-order valence-corrected chi connectivity index (χ2v) is 9.38. The van der Waals surface area contributed by atoms with Crippen molar-refractivity contribution in [2.75, 3.05) is 33.2 Å². The number of nitrogens with one attached hydrogen (secondary N) is 1. The first-order chi connectivity index (χ1) is 16.4. The maximum absolute atomic E-state index is 12.4. The summed E-state index contributed by atoms with van der Waals surface area (Å²) in [5, 5.41) is 21.0. The van der Waals surface area contributed by atoms with E-state index in [-0.39, 0.29) is 5.91 Å². The highest BCUT2D eigenvalue weighted by Gasteiger charge is 2.22. The molecule has 1 aliphatic rings. The zero-order valence-corrected chi connectivity index (χ0v) is 21.4. The summed E-state index contributed by atoms with van der Waals surface area (Å²) in [6, 6.07) is 0. The van der Waals surface area contributed by atoms with Gasteiger partial charge in [-0.25, -0.2) is 4.79 Å². The molecule has 0 aromatic rings. The van der Waals surface area contributed by atoms with E-state index in [1.165, 1.54) is 6.08 Å². The third-order valence-corrected chi connectivity index (χ3v) is 5.27. The quantitative estimate of drug-likeness (QED) is 0.236. The van der Waals surface area contributed by atoms with Crippen LogP contribution in [-0.4, -0.2) is 77.8 Å². The highest BCUT2D eigenvalue weighted by molar-refractivity contribution is 6.51. The number of hydrogen-bond acceptors (Lipinski definition) is 6.